The summed E-state index contributed by atoms with van der Waals surface area (Å²) in [6.07, 6.45) is 0.839. The Morgan fingerprint density at radius 1 is 1.28 bits per heavy atom. The van der Waals surface area contributed by atoms with E-state index < -0.39 is 5.82 Å². The van der Waals surface area contributed by atoms with Gasteiger partial charge in [0.1, 0.15) is 11.6 Å². The second kappa shape index (κ2) is 8.00. The van der Waals surface area contributed by atoms with Crippen molar-refractivity contribution in [3.8, 4) is 17.0 Å². The van der Waals surface area contributed by atoms with E-state index in [1.807, 2.05) is 30.5 Å². The summed E-state index contributed by atoms with van der Waals surface area (Å²) >= 11 is 1.29. The van der Waals surface area contributed by atoms with Crippen molar-refractivity contribution in [2.75, 3.05) is 23.4 Å². The average Bonchev–Trinajstić information content (AvgIpc) is 3.19. The number of nitrogens with zero attached hydrogens (tertiary/aromatic N) is 2. The molecule has 0 saturated heterocycles. The lowest BCUT2D eigenvalue weighted by atomic mass is 10.1. The second-order valence-corrected chi connectivity index (χ2v) is 7.37. The first kappa shape index (κ1) is 19.1. The second-order valence-electron chi connectivity index (χ2n) is 6.52. The highest BCUT2D eigenvalue weighted by molar-refractivity contribution is 7.14. The Hall–Kier alpha value is -3.26. The van der Waals surface area contributed by atoms with Crippen LogP contribution in [0.2, 0.25) is 0 Å². The molecule has 1 aliphatic rings. The molecule has 0 aliphatic carbocycles. The van der Waals surface area contributed by atoms with E-state index in [-0.39, 0.29) is 18.4 Å². The highest BCUT2D eigenvalue weighted by Crippen LogP contribution is 2.36. The molecule has 0 unspecified atom stereocenters. The van der Waals surface area contributed by atoms with Crippen LogP contribution in [0.25, 0.3) is 11.3 Å². The number of halogens is 1. The number of aromatic nitrogens is 1. The van der Waals surface area contributed by atoms with Crippen molar-refractivity contribution in [2.24, 2.45) is 0 Å². The predicted octanol–water partition coefficient (Wildman–Crippen LogP) is 4.34. The number of rotatable bonds is 5. The summed E-state index contributed by atoms with van der Waals surface area (Å²) in [7, 11) is 0. The van der Waals surface area contributed by atoms with Crippen LogP contribution < -0.4 is 15.0 Å². The van der Waals surface area contributed by atoms with Crippen LogP contribution in [0, 0.1) is 5.82 Å². The van der Waals surface area contributed by atoms with E-state index in [2.05, 4.69) is 10.3 Å². The lowest BCUT2D eigenvalue weighted by Crippen LogP contribution is -2.39. The van der Waals surface area contributed by atoms with Crippen LogP contribution >= 0.6 is 11.3 Å². The Bertz CT molecular complexity index is 1070. The molecule has 4 rings (SSSR count). The van der Waals surface area contributed by atoms with Gasteiger partial charge in [-0.1, -0.05) is 6.92 Å². The minimum absolute atomic E-state index is 0.0443. The molecule has 2 heterocycles. The molecule has 0 bridgehead atoms. The number of thiazole rings is 1. The van der Waals surface area contributed by atoms with Gasteiger partial charge < -0.3 is 9.64 Å². The van der Waals surface area contributed by atoms with Gasteiger partial charge in [0, 0.05) is 23.1 Å². The van der Waals surface area contributed by atoms with Crippen molar-refractivity contribution in [1.29, 1.82) is 0 Å². The molecule has 8 heteroatoms. The van der Waals surface area contributed by atoms with Crippen LogP contribution in [0.1, 0.15) is 23.7 Å². The van der Waals surface area contributed by atoms with E-state index in [0.29, 0.717) is 28.7 Å². The van der Waals surface area contributed by atoms with Crippen LogP contribution in [0.3, 0.4) is 0 Å². The maximum Gasteiger partial charge on any atom is 0.265 e. The van der Waals surface area contributed by atoms with Crippen molar-refractivity contribution < 1.29 is 18.7 Å². The molecule has 6 nitrogen and oxygen atoms in total. The fourth-order valence-corrected chi connectivity index (χ4v) is 3.78. The zero-order valence-corrected chi connectivity index (χ0v) is 16.5. The van der Waals surface area contributed by atoms with Crippen LogP contribution in [0.4, 0.5) is 15.2 Å². The molecule has 1 N–H and O–H groups in total. The van der Waals surface area contributed by atoms with E-state index in [0.717, 1.165) is 17.7 Å². The van der Waals surface area contributed by atoms with Crippen molar-refractivity contribution in [2.45, 2.75) is 13.3 Å². The van der Waals surface area contributed by atoms with Gasteiger partial charge in [0.05, 0.1) is 11.4 Å². The number of nitrogens with one attached hydrogen (secondary N) is 1. The lowest BCUT2D eigenvalue weighted by Gasteiger charge is -2.29. The van der Waals surface area contributed by atoms with Crippen LogP contribution in [0.15, 0.2) is 47.8 Å². The number of hydrogen-bond donors (Lipinski definition) is 1. The third-order valence-corrected chi connectivity index (χ3v) is 5.23. The number of carbonyl (C=O) groups is 2. The SMILES string of the molecule is CCCN1C(=O)COc2ccc(-c3csc(NC(=O)c4ccc(F)cc4)n3)cc21. The number of anilines is 2. The van der Waals surface area contributed by atoms with Gasteiger partial charge in [0.25, 0.3) is 11.8 Å². The third kappa shape index (κ3) is 3.97. The maximum absolute atomic E-state index is 13.0. The first-order valence-corrected chi connectivity index (χ1v) is 10.0. The highest BCUT2D eigenvalue weighted by atomic mass is 32.1. The summed E-state index contributed by atoms with van der Waals surface area (Å²) in [5.41, 5.74) is 2.58. The zero-order valence-electron chi connectivity index (χ0n) is 15.6. The number of amides is 2. The summed E-state index contributed by atoms with van der Waals surface area (Å²) in [6, 6.07) is 10.9. The van der Waals surface area contributed by atoms with E-state index in [1.54, 1.807) is 4.90 Å². The van der Waals surface area contributed by atoms with E-state index in [4.69, 9.17) is 4.74 Å². The Balaban J connectivity index is 1.56. The molecule has 2 aromatic carbocycles. The topological polar surface area (TPSA) is 71.5 Å². The smallest absolute Gasteiger partial charge is 0.265 e. The molecule has 1 aromatic heterocycles. The van der Waals surface area contributed by atoms with Gasteiger partial charge >= 0.3 is 0 Å². The Labute approximate surface area is 171 Å². The molecule has 2 amide bonds. The summed E-state index contributed by atoms with van der Waals surface area (Å²) in [6.45, 7) is 2.68. The molecule has 0 saturated carbocycles. The molecular weight excluding hydrogens is 393 g/mol. The monoisotopic (exact) mass is 411 g/mol. The van der Waals surface area contributed by atoms with Crippen molar-refractivity contribution in [1.82, 2.24) is 4.98 Å². The lowest BCUT2D eigenvalue weighted by molar-refractivity contribution is -0.121. The quantitative estimate of drug-likeness (QED) is 0.678. The van der Waals surface area contributed by atoms with Crippen LogP contribution in [0.5, 0.6) is 5.75 Å². The normalized spacial score (nSPS) is 13.0. The van der Waals surface area contributed by atoms with Gasteiger partial charge in [0.15, 0.2) is 11.7 Å². The van der Waals surface area contributed by atoms with E-state index >= 15 is 0 Å². The van der Waals surface area contributed by atoms with Gasteiger partial charge in [-0.15, -0.1) is 11.3 Å². The number of benzene rings is 2. The molecule has 3 aromatic rings. The largest absolute Gasteiger partial charge is 0.482 e. The predicted molar refractivity (Wildman–Crippen MR) is 110 cm³/mol. The first-order valence-electron chi connectivity index (χ1n) is 9.15. The minimum atomic E-state index is -0.398. The molecule has 0 fully saturated rings. The standard InChI is InChI=1S/C21H18FN3O3S/c1-2-9-25-17-10-14(5-8-18(17)28-11-19(25)26)16-12-29-21(23-16)24-20(27)13-3-6-15(22)7-4-13/h3-8,10,12H,2,9,11H2,1H3,(H,23,24,27). The van der Waals surface area contributed by atoms with Crippen molar-refractivity contribution in [3.63, 3.8) is 0 Å². The van der Waals surface area contributed by atoms with Gasteiger partial charge in [-0.05, 0) is 48.9 Å². The van der Waals surface area contributed by atoms with Gasteiger partial charge in [-0.3, -0.25) is 14.9 Å². The average molecular weight is 411 g/mol. The van der Waals surface area contributed by atoms with Gasteiger partial charge in [-0.2, -0.15) is 0 Å². The summed E-state index contributed by atoms with van der Waals surface area (Å²) in [5, 5.41) is 4.99. The summed E-state index contributed by atoms with van der Waals surface area (Å²) < 4.78 is 18.5. The molecule has 148 valence electrons. The molecule has 1 aliphatic heterocycles. The molecule has 29 heavy (non-hydrogen) atoms. The number of ether oxygens (including phenoxy) is 1. The Morgan fingerprint density at radius 3 is 2.83 bits per heavy atom. The molecule has 0 spiro atoms. The van der Waals surface area contributed by atoms with Crippen molar-refractivity contribution in [3.05, 3.63) is 59.2 Å². The minimum Gasteiger partial charge on any atom is -0.482 e. The fourth-order valence-electron chi connectivity index (χ4n) is 3.06. The summed E-state index contributed by atoms with van der Waals surface area (Å²) in [4.78, 5) is 30.7. The first-order chi connectivity index (χ1) is 14.0. The maximum atomic E-state index is 13.0. The highest BCUT2D eigenvalue weighted by Gasteiger charge is 2.25. The van der Waals surface area contributed by atoms with Crippen molar-refractivity contribution >= 4 is 34.0 Å². The number of carbonyl (C=O) groups excluding carboxylic acids is 2. The fraction of sp³-hybridized carbons (Fsp3) is 0.190. The number of fused-ring (bicyclic) bond motifs is 1. The van der Waals surface area contributed by atoms with E-state index in [1.165, 1.54) is 35.6 Å². The van der Waals surface area contributed by atoms with Gasteiger partial charge in [0.2, 0.25) is 0 Å². The Morgan fingerprint density at radius 2 is 2.07 bits per heavy atom. The van der Waals surface area contributed by atoms with E-state index in [9.17, 15) is 14.0 Å². The molecule has 0 atom stereocenters. The molecular formula is C21H18FN3O3S. The Kier molecular flexibility index (Phi) is 5.26. The molecule has 0 radical (unpaired) electrons. The summed E-state index contributed by atoms with van der Waals surface area (Å²) in [5.74, 6) is -0.154. The van der Waals surface area contributed by atoms with Crippen LogP contribution in [-0.2, 0) is 4.79 Å². The number of hydrogen-bond acceptors (Lipinski definition) is 5. The third-order valence-electron chi connectivity index (χ3n) is 4.48. The van der Waals surface area contributed by atoms with Crippen LogP contribution in [-0.4, -0.2) is 29.9 Å². The zero-order chi connectivity index (χ0) is 20.4. The van der Waals surface area contributed by atoms with Gasteiger partial charge in [-0.25, -0.2) is 9.37 Å².